The second kappa shape index (κ2) is 5.62. The maximum Gasteiger partial charge on any atom is 0.0827 e. The van der Waals surface area contributed by atoms with Crippen molar-refractivity contribution in [3.63, 3.8) is 0 Å². The molecule has 0 rings (SSSR count). The lowest BCUT2D eigenvalue weighted by Crippen LogP contribution is -2.13. The predicted octanol–water partition coefficient (Wildman–Crippen LogP) is 0.792. The molecule has 0 aliphatic carbocycles. The van der Waals surface area contributed by atoms with Crippen LogP contribution in [0.3, 0.4) is 0 Å². The zero-order valence-electron chi connectivity index (χ0n) is 6.52. The summed E-state index contributed by atoms with van der Waals surface area (Å²) in [5.74, 6) is 0.716. The Bertz CT molecular complexity index is 96.8. The minimum Gasteiger partial charge on any atom is -0.390 e. The van der Waals surface area contributed by atoms with Gasteiger partial charge in [0.05, 0.1) is 6.61 Å². The standard InChI is InChI=1S/C7H15NOS/c1-3-6(5-10)7(4-9)8-2/h8-10H,3-5H2,1-2H3/b7-6+. The maximum absolute atomic E-state index is 8.80. The van der Waals surface area contributed by atoms with Crippen molar-refractivity contribution < 1.29 is 5.11 Å². The number of thiol groups is 1. The van der Waals surface area contributed by atoms with Crippen LogP contribution in [-0.4, -0.2) is 24.5 Å². The first-order chi connectivity index (χ1) is 4.79. The summed E-state index contributed by atoms with van der Waals surface area (Å²) in [6.07, 6.45) is 0.945. The molecule has 2 N–H and O–H groups in total. The van der Waals surface area contributed by atoms with Crippen LogP contribution in [0, 0.1) is 0 Å². The molecule has 60 valence electrons. The molecule has 0 aliphatic heterocycles. The van der Waals surface area contributed by atoms with Crippen molar-refractivity contribution in [3.8, 4) is 0 Å². The smallest absolute Gasteiger partial charge is 0.0827 e. The summed E-state index contributed by atoms with van der Waals surface area (Å²) in [5.41, 5.74) is 2.07. The van der Waals surface area contributed by atoms with Gasteiger partial charge in [0.25, 0.3) is 0 Å². The molecule has 10 heavy (non-hydrogen) atoms. The van der Waals surface area contributed by atoms with Crippen LogP contribution < -0.4 is 5.32 Å². The first-order valence-corrected chi connectivity index (χ1v) is 4.03. The van der Waals surface area contributed by atoms with Crippen LogP contribution in [-0.2, 0) is 0 Å². The van der Waals surface area contributed by atoms with Crippen molar-refractivity contribution in [1.29, 1.82) is 0 Å². The number of nitrogens with one attached hydrogen (secondary N) is 1. The van der Waals surface area contributed by atoms with E-state index in [-0.39, 0.29) is 6.61 Å². The average molecular weight is 161 g/mol. The van der Waals surface area contributed by atoms with E-state index in [1.54, 1.807) is 0 Å². The van der Waals surface area contributed by atoms with Gasteiger partial charge in [0.1, 0.15) is 0 Å². The molecule has 0 aromatic carbocycles. The third-order valence-corrected chi connectivity index (χ3v) is 1.89. The number of aliphatic hydroxyl groups excluding tert-OH is 1. The topological polar surface area (TPSA) is 32.3 Å². The van der Waals surface area contributed by atoms with Crippen molar-refractivity contribution >= 4 is 12.6 Å². The van der Waals surface area contributed by atoms with Crippen LogP contribution in [0.25, 0.3) is 0 Å². The van der Waals surface area contributed by atoms with Crippen LogP contribution in [0.5, 0.6) is 0 Å². The van der Waals surface area contributed by atoms with Gasteiger partial charge in [0.15, 0.2) is 0 Å². The molecule has 0 saturated heterocycles. The third kappa shape index (κ3) is 2.62. The first-order valence-electron chi connectivity index (χ1n) is 3.40. The van der Waals surface area contributed by atoms with Gasteiger partial charge in [-0.1, -0.05) is 6.92 Å². The monoisotopic (exact) mass is 161 g/mol. The number of rotatable bonds is 4. The van der Waals surface area contributed by atoms with Gasteiger partial charge in [0.2, 0.25) is 0 Å². The lowest BCUT2D eigenvalue weighted by atomic mass is 10.2. The fraction of sp³-hybridized carbons (Fsp3) is 0.714. The van der Waals surface area contributed by atoms with E-state index in [2.05, 4.69) is 24.9 Å². The Balaban J connectivity index is 4.20. The van der Waals surface area contributed by atoms with E-state index in [4.69, 9.17) is 5.11 Å². The lowest BCUT2D eigenvalue weighted by Gasteiger charge is -2.08. The summed E-state index contributed by atoms with van der Waals surface area (Å²) in [6.45, 7) is 2.14. The van der Waals surface area contributed by atoms with Crippen molar-refractivity contribution in [1.82, 2.24) is 5.32 Å². The Labute approximate surface area is 67.7 Å². The zero-order chi connectivity index (χ0) is 7.98. The number of hydrogen-bond donors (Lipinski definition) is 3. The lowest BCUT2D eigenvalue weighted by molar-refractivity contribution is 0.322. The highest BCUT2D eigenvalue weighted by Crippen LogP contribution is 2.06. The molecule has 0 fully saturated rings. The minimum atomic E-state index is 0.0836. The average Bonchev–Trinajstić information content (AvgIpc) is 2.00. The molecular formula is C7H15NOS. The summed E-state index contributed by atoms with van der Waals surface area (Å²) in [6, 6.07) is 0. The molecule has 0 aromatic rings. The SMILES string of the molecule is CC/C(CS)=C(/CO)NC. The summed E-state index contributed by atoms with van der Waals surface area (Å²) >= 11 is 4.13. The van der Waals surface area contributed by atoms with Crippen molar-refractivity contribution in [3.05, 3.63) is 11.3 Å². The van der Waals surface area contributed by atoms with Crippen molar-refractivity contribution in [2.24, 2.45) is 0 Å². The number of hydrogen-bond acceptors (Lipinski definition) is 3. The van der Waals surface area contributed by atoms with Crippen LogP contribution in [0.2, 0.25) is 0 Å². The number of likely N-dealkylation sites (N-methyl/N-ethyl adjacent to an activating group) is 1. The third-order valence-electron chi connectivity index (χ3n) is 1.50. The molecule has 0 bridgehead atoms. The fourth-order valence-corrected chi connectivity index (χ4v) is 1.20. The van der Waals surface area contributed by atoms with E-state index < -0.39 is 0 Å². The van der Waals surface area contributed by atoms with E-state index in [0.29, 0.717) is 5.75 Å². The van der Waals surface area contributed by atoms with Gasteiger partial charge in [-0.05, 0) is 12.0 Å². The molecule has 3 heteroatoms. The van der Waals surface area contributed by atoms with Crippen molar-refractivity contribution in [2.75, 3.05) is 19.4 Å². The molecule has 0 amide bonds. The summed E-state index contributed by atoms with van der Waals surface area (Å²) in [7, 11) is 1.81. The van der Waals surface area contributed by atoms with Crippen LogP contribution in [0.1, 0.15) is 13.3 Å². The quantitative estimate of drug-likeness (QED) is 0.533. The molecule has 0 atom stereocenters. The van der Waals surface area contributed by atoms with Gasteiger partial charge < -0.3 is 10.4 Å². The van der Waals surface area contributed by atoms with E-state index in [1.807, 2.05) is 7.05 Å². The Hall–Kier alpha value is -0.150. The second-order valence-corrected chi connectivity index (χ2v) is 2.32. The highest BCUT2D eigenvalue weighted by molar-refractivity contribution is 7.80. The molecule has 0 saturated carbocycles. The zero-order valence-corrected chi connectivity index (χ0v) is 7.41. The Kier molecular flexibility index (Phi) is 5.54. The molecule has 0 heterocycles. The molecule has 0 spiro atoms. The van der Waals surface area contributed by atoms with E-state index in [1.165, 1.54) is 5.57 Å². The molecular weight excluding hydrogens is 146 g/mol. The van der Waals surface area contributed by atoms with Crippen LogP contribution >= 0.6 is 12.6 Å². The summed E-state index contributed by atoms with van der Waals surface area (Å²) in [5, 5.41) is 11.7. The summed E-state index contributed by atoms with van der Waals surface area (Å²) in [4.78, 5) is 0. The van der Waals surface area contributed by atoms with E-state index >= 15 is 0 Å². The van der Waals surface area contributed by atoms with Crippen molar-refractivity contribution in [2.45, 2.75) is 13.3 Å². The first kappa shape index (κ1) is 9.85. The predicted molar refractivity (Wildman–Crippen MR) is 47.3 cm³/mol. The Morgan fingerprint density at radius 3 is 2.30 bits per heavy atom. The largest absolute Gasteiger partial charge is 0.390 e. The molecule has 2 nitrogen and oxygen atoms in total. The van der Waals surface area contributed by atoms with E-state index in [0.717, 1.165) is 12.1 Å². The van der Waals surface area contributed by atoms with E-state index in [9.17, 15) is 0 Å². The van der Waals surface area contributed by atoms with Gasteiger partial charge in [-0.25, -0.2) is 0 Å². The number of aliphatic hydroxyl groups is 1. The normalized spacial score (nSPS) is 12.8. The molecule has 0 radical (unpaired) electrons. The van der Waals surface area contributed by atoms with Gasteiger partial charge in [-0.3, -0.25) is 0 Å². The van der Waals surface area contributed by atoms with Gasteiger partial charge in [-0.15, -0.1) is 0 Å². The molecule has 0 aliphatic rings. The molecule has 0 unspecified atom stereocenters. The Morgan fingerprint density at radius 1 is 1.60 bits per heavy atom. The minimum absolute atomic E-state index is 0.0836. The second-order valence-electron chi connectivity index (χ2n) is 2.00. The van der Waals surface area contributed by atoms with Gasteiger partial charge in [-0.2, -0.15) is 12.6 Å². The highest BCUT2D eigenvalue weighted by Gasteiger charge is 1.98. The van der Waals surface area contributed by atoms with Crippen LogP contribution in [0.4, 0.5) is 0 Å². The fourth-order valence-electron chi connectivity index (χ4n) is 0.788. The van der Waals surface area contributed by atoms with Gasteiger partial charge >= 0.3 is 0 Å². The Morgan fingerprint density at radius 2 is 2.20 bits per heavy atom. The summed E-state index contributed by atoms with van der Waals surface area (Å²) < 4.78 is 0. The van der Waals surface area contributed by atoms with Gasteiger partial charge in [0, 0.05) is 18.5 Å². The molecule has 0 aromatic heterocycles. The maximum atomic E-state index is 8.80. The van der Waals surface area contributed by atoms with Crippen LogP contribution in [0.15, 0.2) is 11.3 Å². The highest BCUT2D eigenvalue weighted by atomic mass is 32.1.